The van der Waals surface area contributed by atoms with Gasteiger partial charge in [-0.1, -0.05) is 6.92 Å². The fraction of sp³-hybridized carbons (Fsp3) is 0.471. The molecule has 0 aliphatic carbocycles. The molecule has 1 saturated heterocycles. The third-order valence-corrected chi connectivity index (χ3v) is 5.41. The van der Waals surface area contributed by atoms with Crippen LogP contribution in [0.2, 0.25) is 0 Å². The van der Waals surface area contributed by atoms with Crippen LogP contribution >= 0.6 is 11.8 Å². The van der Waals surface area contributed by atoms with Gasteiger partial charge in [-0.25, -0.2) is 0 Å². The second-order valence-corrected chi connectivity index (χ2v) is 7.54. The van der Waals surface area contributed by atoms with E-state index in [9.17, 15) is 14.9 Å². The van der Waals surface area contributed by atoms with Crippen LogP contribution in [0.25, 0.3) is 11.0 Å². The van der Waals surface area contributed by atoms with E-state index in [1.165, 1.54) is 6.92 Å². The Morgan fingerprint density at radius 1 is 1.28 bits per heavy atom. The van der Waals surface area contributed by atoms with Gasteiger partial charge in [0, 0.05) is 42.0 Å². The first-order chi connectivity index (χ1) is 11.9. The Bertz CT molecular complexity index is 872. The SMILES string of the molecule is CCSc1ccc2c(c1)[n+](=O)c(C(=O)N1CCN(C)CC1)c(C)n2[O-]. The van der Waals surface area contributed by atoms with Gasteiger partial charge in [-0.2, -0.15) is 0 Å². The summed E-state index contributed by atoms with van der Waals surface area (Å²) in [5, 5.41) is 12.6. The summed E-state index contributed by atoms with van der Waals surface area (Å²) < 4.78 is 1.31. The normalized spacial score (nSPS) is 15.7. The van der Waals surface area contributed by atoms with Crippen molar-refractivity contribution in [2.24, 2.45) is 0 Å². The molecule has 7 nitrogen and oxygen atoms in total. The van der Waals surface area contributed by atoms with E-state index in [2.05, 4.69) is 4.90 Å². The van der Waals surface area contributed by atoms with E-state index in [1.54, 1.807) is 28.8 Å². The molecular formula is C17H22N4O3S. The highest BCUT2D eigenvalue weighted by Crippen LogP contribution is 2.23. The molecule has 0 bridgehead atoms. The van der Waals surface area contributed by atoms with Gasteiger partial charge in [-0.15, -0.1) is 11.8 Å². The van der Waals surface area contributed by atoms with E-state index in [0.29, 0.717) is 22.2 Å². The van der Waals surface area contributed by atoms with E-state index in [0.717, 1.165) is 23.7 Å². The van der Waals surface area contributed by atoms with Gasteiger partial charge in [0.25, 0.3) is 5.52 Å². The molecule has 25 heavy (non-hydrogen) atoms. The van der Waals surface area contributed by atoms with Gasteiger partial charge in [0.15, 0.2) is 0 Å². The second-order valence-electron chi connectivity index (χ2n) is 6.20. The van der Waals surface area contributed by atoms with Crippen molar-refractivity contribution in [1.29, 1.82) is 0 Å². The maximum atomic E-state index is 12.9. The van der Waals surface area contributed by atoms with Crippen LogP contribution in [-0.2, 0) is 0 Å². The molecule has 3 rings (SSSR count). The summed E-state index contributed by atoms with van der Waals surface area (Å²) in [6.45, 7) is 6.16. The summed E-state index contributed by atoms with van der Waals surface area (Å²) in [6, 6.07) is 5.16. The largest absolute Gasteiger partial charge is 0.805 e. The number of nitrogens with zero attached hydrogens (tertiary/aromatic N) is 4. The molecule has 0 N–H and O–H groups in total. The van der Waals surface area contributed by atoms with Gasteiger partial charge in [-0.05, 0) is 31.9 Å². The number of fused-ring (bicyclic) bond motifs is 1. The summed E-state index contributed by atoms with van der Waals surface area (Å²) >= 11 is 1.59. The first-order valence-electron chi connectivity index (χ1n) is 8.34. The third kappa shape index (κ3) is 3.23. The van der Waals surface area contributed by atoms with Crippen LogP contribution in [-0.4, -0.2) is 59.4 Å². The number of thioether (sulfide) groups is 1. The number of carbonyl (C=O) groups excluding carboxylic acids is 1. The minimum absolute atomic E-state index is 0.0781. The van der Waals surface area contributed by atoms with Crippen molar-refractivity contribution < 1.29 is 9.22 Å². The molecule has 0 unspecified atom stereocenters. The summed E-state index contributed by atoms with van der Waals surface area (Å²) in [6.07, 6.45) is 0. The molecule has 1 aromatic carbocycles. The van der Waals surface area contributed by atoms with Crippen LogP contribution in [0.3, 0.4) is 0 Å². The zero-order chi connectivity index (χ0) is 18.1. The lowest BCUT2D eigenvalue weighted by atomic mass is 10.2. The summed E-state index contributed by atoms with van der Waals surface area (Å²) in [4.78, 5) is 30.5. The Morgan fingerprint density at radius 2 is 1.96 bits per heavy atom. The Kier molecular flexibility index (Phi) is 5.01. The Morgan fingerprint density at radius 3 is 2.60 bits per heavy atom. The van der Waals surface area contributed by atoms with Crippen LogP contribution in [0.4, 0.5) is 0 Å². The van der Waals surface area contributed by atoms with E-state index in [-0.39, 0.29) is 28.3 Å². The van der Waals surface area contributed by atoms with Crippen molar-refractivity contribution in [3.05, 3.63) is 39.7 Å². The molecule has 134 valence electrons. The fourth-order valence-electron chi connectivity index (χ4n) is 3.04. The van der Waals surface area contributed by atoms with Gasteiger partial charge >= 0.3 is 11.6 Å². The van der Waals surface area contributed by atoms with E-state index >= 15 is 0 Å². The van der Waals surface area contributed by atoms with Gasteiger partial charge in [0.05, 0.1) is 10.1 Å². The van der Waals surface area contributed by atoms with Crippen LogP contribution in [0.5, 0.6) is 0 Å². The topological polar surface area (TPSA) is 74.5 Å². The Balaban J connectivity index is 2.11. The van der Waals surface area contributed by atoms with E-state index < -0.39 is 0 Å². The molecular weight excluding hydrogens is 340 g/mol. The lowest BCUT2D eigenvalue weighted by Crippen LogP contribution is -2.49. The van der Waals surface area contributed by atoms with Gasteiger partial charge in [-0.3, -0.25) is 4.79 Å². The molecule has 8 heteroatoms. The predicted molar refractivity (Wildman–Crippen MR) is 98.6 cm³/mol. The maximum Gasteiger partial charge on any atom is 0.346 e. The number of amides is 1. The zero-order valence-electron chi connectivity index (χ0n) is 14.7. The van der Waals surface area contributed by atoms with E-state index in [1.807, 2.05) is 20.0 Å². The minimum atomic E-state index is -0.374. The Labute approximate surface area is 150 Å². The van der Waals surface area contributed by atoms with Crippen molar-refractivity contribution in [3.8, 4) is 0 Å². The van der Waals surface area contributed by atoms with Gasteiger partial charge in [0.1, 0.15) is 5.52 Å². The summed E-state index contributed by atoms with van der Waals surface area (Å²) in [7, 11) is 2.00. The zero-order valence-corrected chi connectivity index (χ0v) is 15.5. The fourth-order valence-corrected chi connectivity index (χ4v) is 3.73. The summed E-state index contributed by atoms with van der Waals surface area (Å²) in [5.41, 5.74) is 0.576. The minimum Gasteiger partial charge on any atom is -0.805 e. The average Bonchev–Trinajstić information content (AvgIpc) is 2.61. The van der Waals surface area contributed by atoms with Crippen molar-refractivity contribution >= 4 is 28.7 Å². The number of piperazine rings is 1. The quantitative estimate of drug-likeness (QED) is 0.614. The van der Waals surface area contributed by atoms with Crippen molar-refractivity contribution in [1.82, 2.24) is 14.5 Å². The number of hydrogen-bond acceptors (Lipinski definition) is 5. The summed E-state index contributed by atoms with van der Waals surface area (Å²) in [5.74, 6) is 0.487. The average molecular weight is 362 g/mol. The molecule has 1 fully saturated rings. The molecule has 0 radical (unpaired) electrons. The first-order valence-corrected chi connectivity index (χ1v) is 9.32. The number of rotatable bonds is 3. The first kappa shape index (κ1) is 17.8. The Hall–Kier alpha value is -2.06. The molecule has 0 saturated carbocycles. The highest BCUT2D eigenvalue weighted by Gasteiger charge is 2.32. The predicted octanol–water partition coefficient (Wildman–Crippen LogP) is 1.71. The highest BCUT2D eigenvalue weighted by atomic mass is 32.2. The lowest BCUT2D eigenvalue weighted by Gasteiger charge is -2.31. The van der Waals surface area contributed by atoms with Crippen LogP contribution in [0, 0.1) is 17.0 Å². The highest BCUT2D eigenvalue weighted by molar-refractivity contribution is 7.99. The van der Waals surface area contributed by atoms with Crippen molar-refractivity contribution in [2.45, 2.75) is 18.7 Å². The molecule has 1 aliphatic heterocycles. The van der Waals surface area contributed by atoms with Crippen LogP contribution in [0.1, 0.15) is 23.1 Å². The molecule has 1 amide bonds. The monoisotopic (exact) mass is 362 g/mol. The molecule has 1 aromatic heterocycles. The maximum absolute atomic E-state index is 12.9. The number of carbonyl (C=O) groups is 1. The molecule has 0 atom stereocenters. The molecule has 2 heterocycles. The van der Waals surface area contributed by atoms with Crippen molar-refractivity contribution in [3.63, 3.8) is 0 Å². The number of likely N-dealkylation sites (N-methyl/N-ethyl adjacent to an activating group) is 1. The number of hydrogen-bond donors (Lipinski definition) is 0. The molecule has 2 aromatic rings. The van der Waals surface area contributed by atoms with Gasteiger partial charge < -0.3 is 19.7 Å². The second kappa shape index (κ2) is 7.05. The van der Waals surface area contributed by atoms with Crippen LogP contribution < -0.4 is 4.43 Å². The third-order valence-electron chi connectivity index (χ3n) is 4.54. The molecule has 1 aliphatic rings. The van der Waals surface area contributed by atoms with Gasteiger partial charge in [0.2, 0.25) is 0 Å². The smallest absolute Gasteiger partial charge is 0.346 e. The number of aromatic nitrogens is 2. The lowest BCUT2D eigenvalue weighted by molar-refractivity contribution is -0.469. The van der Waals surface area contributed by atoms with Crippen molar-refractivity contribution in [2.75, 3.05) is 39.0 Å². The standard InChI is InChI=1S/C17H22N4O3S/c1-4-25-13-5-6-14-15(11-13)21(24)16(12(2)20(14)23)17(22)19-9-7-18(3)8-10-19/h5-6,11H,4,7-10H2,1-3H3. The molecule has 0 spiro atoms. The van der Waals surface area contributed by atoms with E-state index in [4.69, 9.17) is 0 Å². The van der Waals surface area contributed by atoms with Crippen LogP contribution in [0.15, 0.2) is 23.1 Å². The number of benzene rings is 1.